The van der Waals surface area contributed by atoms with Crippen LogP contribution >= 0.6 is 23.2 Å². The van der Waals surface area contributed by atoms with Crippen LogP contribution in [0.25, 0.3) is 10.9 Å². The summed E-state index contributed by atoms with van der Waals surface area (Å²) < 4.78 is 72.7. The number of nitrogens with zero attached hydrogens (tertiary/aromatic N) is 3. The minimum atomic E-state index is -4.17. The van der Waals surface area contributed by atoms with Gasteiger partial charge in [0.2, 0.25) is 0 Å². The maximum atomic E-state index is 14.6. The Bertz CT molecular complexity index is 1430. The quantitative estimate of drug-likeness (QED) is 0.476. The van der Waals surface area contributed by atoms with Gasteiger partial charge in [-0.15, -0.1) is 0 Å². The maximum Gasteiger partial charge on any atom is 0.345 e. The second kappa shape index (κ2) is 9.23. The predicted molar refractivity (Wildman–Crippen MR) is 122 cm³/mol. The fourth-order valence-corrected chi connectivity index (χ4v) is 5.16. The van der Waals surface area contributed by atoms with E-state index in [1.54, 1.807) is 0 Å². The zero-order chi connectivity index (χ0) is 24.8. The summed E-state index contributed by atoms with van der Waals surface area (Å²) in [4.78, 5) is 16.6. The fourth-order valence-electron chi connectivity index (χ4n) is 3.26. The highest BCUT2D eigenvalue weighted by molar-refractivity contribution is 7.90. The van der Waals surface area contributed by atoms with Crippen molar-refractivity contribution in [3.05, 3.63) is 56.8 Å². The van der Waals surface area contributed by atoms with Gasteiger partial charge in [0.05, 0.1) is 50.4 Å². The van der Waals surface area contributed by atoms with Crippen molar-refractivity contribution in [3.63, 3.8) is 0 Å². The third-order valence-electron chi connectivity index (χ3n) is 5.06. The largest absolute Gasteiger partial charge is 0.351 e. The summed E-state index contributed by atoms with van der Waals surface area (Å²) in [6, 6.07) is 5.05. The lowest BCUT2D eigenvalue weighted by Crippen LogP contribution is -2.56. The molecule has 2 heterocycles. The number of nitrogens with one attached hydrogen (secondary N) is 2. The van der Waals surface area contributed by atoms with Gasteiger partial charge >= 0.3 is 16.8 Å². The molecule has 1 aliphatic rings. The Kier molecular flexibility index (Phi) is 6.66. The second-order valence-corrected chi connectivity index (χ2v) is 9.76. The molecule has 0 amide bonds. The molecule has 0 aliphatic carbocycles. The lowest BCUT2D eigenvalue weighted by Gasteiger charge is -2.37. The number of benzene rings is 2. The van der Waals surface area contributed by atoms with Gasteiger partial charge in [-0.05, 0) is 24.3 Å². The summed E-state index contributed by atoms with van der Waals surface area (Å²) in [7, 11) is -2.67. The minimum Gasteiger partial charge on any atom is -0.351 e. The van der Waals surface area contributed by atoms with Crippen LogP contribution in [0.2, 0.25) is 10.0 Å². The van der Waals surface area contributed by atoms with Crippen LogP contribution in [0, 0.1) is 5.82 Å². The Morgan fingerprint density at radius 3 is 2.50 bits per heavy atom. The highest BCUT2D eigenvalue weighted by Gasteiger charge is 2.38. The summed E-state index contributed by atoms with van der Waals surface area (Å²) in [5, 5.41) is 2.44. The van der Waals surface area contributed by atoms with E-state index in [9.17, 15) is 26.4 Å². The molecule has 0 saturated carbocycles. The lowest BCUT2D eigenvalue weighted by atomic mass is 10.2. The van der Waals surface area contributed by atoms with E-state index in [4.69, 9.17) is 23.2 Å². The van der Waals surface area contributed by atoms with Gasteiger partial charge in [0.25, 0.3) is 5.56 Å². The summed E-state index contributed by atoms with van der Waals surface area (Å²) >= 11 is 12.6. The van der Waals surface area contributed by atoms with Gasteiger partial charge in [0, 0.05) is 20.1 Å². The summed E-state index contributed by atoms with van der Waals surface area (Å²) in [6.07, 6.45) is 0.398. The molecular formula is C19H16Cl2F3N5O4S. The molecule has 2 N–H and O–H groups in total. The first-order chi connectivity index (χ1) is 16.0. The second-order valence-electron chi connectivity index (χ2n) is 7.33. The average Bonchev–Trinajstić information content (AvgIpc) is 2.73. The Morgan fingerprint density at radius 2 is 1.82 bits per heavy atom. The number of ether oxygens (including phenoxy) is 1. The van der Waals surface area contributed by atoms with E-state index < -0.39 is 34.3 Å². The van der Waals surface area contributed by atoms with Gasteiger partial charge in [0.15, 0.2) is 0 Å². The summed E-state index contributed by atoms with van der Waals surface area (Å²) in [5.74, 6) is -0.822. The topological polar surface area (TPSA) is 106 Å². The zero-order valence-electron chi connectivity index (χ0n) is 17.2. The van der Waals surface area contributed by atoms with E-state index >= 15 is 0 Å². The first-order valence-electron chi connectivity index (χ1n) is 9.58. The monoisotopic (exact) mass is 537 g/mol. The van der Waals surface area contributed by atoms with Crippen LogP contribution in [0.3, 0.4) is 0 Å². The van der Waals surface area contributed by atoms with Crippen LogP contribution in [0.5, 0.6) is 0 Å². The first-order valence-corrected chi connectivity index (χ1v) is 11.8. The Hall–Kier alpha value is -2.58. The SMILES string of the molecule is Cn1cnc2ccc(Nc3c(F)ccc(NS(=O)(=O)N4CC(OC(F)F)C4)c3Cl)c(Cl)c2c1=O. The molecule has 0 bridgehead atoms. The predicted octanol–water partition coefficient (Wildman–Crippen LogP) is 3.70. The molecule has 1 aliphatic heterocycles. The van der Waals surface area contributed by atoms with Crippen molar-refractivity contribution in [2.45, 2.75) is 12.7 Å². The van der Waals surface area contributed by atoms with Crippen LogP contribution in [0.1, 0.15) is 0 Å². The van der Waals surface area contributed by atoms with Gasteiger partial charge in [-0.3, -0.25) is 9.52 Å². The smallest absolute Gasteiger partial charge is 0.345 e. The van der Waals surface area contributed by atoms with E-state index in [-0.39, 0.29) is 45.6 Å². The van der Waals surface area contributed by atoms with Gasteiger partial charge < -0.3 is 14.6 Å². The van der Waals surface area contributed by atoms with E-state index in [2.05, 4.69) is 19.8 Å². The number of anilines is 3. The Labute approximate surface area is 201 Å². The van der Waals surface area contributed by atoms with Crippen LogP contribution in [0.15, 0.2) is 35.4 Å². The van der Waals surface area contributed by atoms with Crippen LogP contribution in [-0.4, -0.2) is 48.1 Å². The van der Waals surface area contributed by atoms with Crippen molar-refractivity contribution in [2.75, 3.05) is 23.1 Å². The minimum absolute atomic E-state index is 0.0294. The summed E-state index contributed by atoms with van der Waals surface area (Å²) in [5.41, 5.74) is -0.426. The number of aryl methyl sites for hydroxylation is 1. The number of hydrogen-bond donors (Lipinski definition) is 2. The molecular weight excluding hydrogens is 522 g/mol. The molecule has 182 valence electrons. The van der Waals surface area contributed by atoms with Crippen LogP contribution < -0.4 is 15.6 Å². The molecule has 1 fully saturated rings. The number of rotatable bonds is 7. The summed E-state index contributed by atoms with van der Waals surface area (Å²) in [6.45, 7) is -3.57. The van der Waals surface area contributed by atoms with Gasteiger partial charge in [-0.25, -0.2) is 9.37 Å². The molecule has 0 unspecified atom stereocenters. The number of halogens is 5. The van der Waals surface area contributed by atoms with E-state index in [0.717, 1.165) is 16.4 Å². The number of alkyl halides is 2. The van der Waals surface area contributed by atoms with Gasteiger partial charge in [0.1, 0.15) is 5.82 Å². The van der Waals surface area contributed by atoms with Crippen molar-refractivity contribution >= 4 is 61.4 Å². The third-order valence-corrected chi connectivity index (χ3v) is 7.30. The Morgan fingerprint density at radius 1 is 1.15 bits per heavy atom. The molecule has 0 radical (unpaired) electrons. The average molecular weight is 538 g/mol. The van der Waals surface area contributed by atoms with Crippen molar-refractivity contribution in [2.24, 2.45) is 7.05 Å². The third kappa shape index (κ3) is 4.66. The Balaban J connectivity index is 1.61. The highest BCUT2D eigenvalue weighted by atomic mass is 35.5. The van der Waals surface area contributed by atoms with Crippen molar-refractivity contribution in [1.82, 2.24) is 13.9 Å². The van der Waals surface area contributed by atoms with Crippen molar-refractivity contribution in [1.29, 1.82) is 0 Å². The molecule has 1 aromatic heterocycles. The molecule has 9 nitrogen and oxygen atoms in total. The number of hydrogen-bond acceptors (Lipinski definition) is 6. The van der Waals surface area contributed by atoms with Crippen LogP contribution in [-0.2, 0) is 22.0 Å². The molecule has 4 rings (SSSR count). The molecule has 2 aromatic carbocycles. The fraction of sp³-hybridized carbons (Fsp3) is 0.263. The number of aromatic nitrogens is 2. The van der Waals surface area contributed by atoms with E-state index in [1.807, 2.05) is 0 Å². The first kappa shape index (κ1) is 24.5. The van der Waals surface area contributed by atoms with Gasteiger partial charge in [-0.2, -0.15) is 21.5 Å². The molecule has 0 atom stereocenters. The molecule has 15 heteroatoms. The molecule has 34 heavy (non-hydrogen) atoms. The van der Waals surface area contributed by atoms with Crippen molar-refractivity contribution < 1.29 is 26.3 Å². The molecule has 3 aromatic rings. The maximum absolute atomic E-state index is 14.6. The molecule has 1 saturated heterocycles. The standard InChI is InChI=1S/C19H16Cl2F3N5O4S/c1-28-8-25-11-4-5-12(15(20)14(11)18(28)30)26-17-10(22)2-3-13(16(17)21)27-34(31,32)29-6-9(7-29)33-19(23)24/h2-5,8-9,19,26-27H,6-7H2,1H3. The van der Waals surface area contributed by atoms with Crippen LogP contribution in [0.4, 0.5) is 30.2 Å². The lowest BCUT2D eigenvalue weighted by molar-refractivity contribution is -0.185. The van der Waals surface area contributed by atoms with E-state index in [0.29, 0.717) is 5.52 Å². The van der Waals surface area contributed by atoms with E-state index in [1.165, 1.54) is 30.1 Å². The highest BCUT2D eigenvalue weighted by Crippen LogP contribution is 2.38. The number of fused-ring (bicyclic) bond motifs is 1. The zero-order valence-corrected chi connectivity index (χ0v) is 19.6. The van der Waals surface area contributed by atoms with Gasteiger partial charge in [-0.1, -0.05) is 23.2 Å². The van der Waals surface area contributed by atoms with Crippen molar-refractivity contribution in [3.8, 4) is 0 Å². The molecule has 0 spiro atoms. The normalized spacial score (nSPS) is 15.0.